The molecule has 1 aliphatic rings. The maximum atomic E-state index is 11.7. The van der Waals surface area contributed by atoms with Gasteiger partial charge in [-0.25, -0.2) is 4.21 Å². The molecule has 0 aromatic heterocycles. The Labute approximate surface area is 74.6 Å². The molecular formula is C10H10OS. The molecule has 12 heavy (non-hydrogen) atoms. The molecule has 1 aromatic carbocycles. The zero-order valence-electron chi connectivity index (χ0n) is 6.91. The van der Waals surface area contributed by atoms with Crippen molar-refractivity contribution in [3.05, 3.63) is 40.8 Å². The quantitative estimate of drug-likeness (QED) is 0.595. The molecule has 0 fully saturated rings. The summed E-state index contributed by atoms with van der Waals surface area (Å²) in [5, 5.41) is 0. The van der Waals surface area contributed by atoms with Gasteiger partial charge in [0.1, 0.15) is 0 Å². The van der Waals surface area contributed by atoms with Gasteiger partial charge in [0.05, 0.1) is 10.8 Å². The van der Waals surface area contributed by atoms with E-state index in [-0.39, 0.29) is 0 Å². The molecule has 0 aliphatic carbocycles. The predicted molar refractivity (Wildman–Crippen MR) is 50.3 cm³/mol. The van der Waals surface area contributed by atoms with Crippen molar-refractivity contribution in [2.75, 3.05) is 0 Å². The van der Waals surface area contributed by atoms with Crippen LogP contribution in [0.4, 0.5) is 0 Å². The smallest absolute Gasteiger partial charge is 0.0805 e. The van der Waals surface area contributed by atoms with Gasteiger partial charge in [0.25, 0.3) is 0 Å². The Bertz CT molecular complexity index is 366. The molecule has 1 unspecified atom stereocenters. The molecule has 0 bridgehead atoms. The zero-order chi connectivity index (χ0) is 8.55. The van der Waals surface area contributed by atoms with Crippen LogP contribution in [-0.4, -0.2) is 4.21 Å². The van der Waals surface area contributed by atoms with Crippen molar-refractivity contribution in [3.8, 4) is 0 Å². The van der Waals surface area contributed by atoms with Crippen molar-refractivity contribution in [2.24, 2.45) is 0 Å². The van der Waals surface area contributed by atoms with E-state index in [2.05, 4.69) is 0 Å². The van der Waals surface area contributed by atoms with Crippen LogP contribution >= 0.6 is 0 Å². The van der Waals surface area contributed by atoms with Gasteiger partial charge in [-0.2, -0.15) is 0 Å². The van der Waals surface area contributed by atoms with E-state index in [9.17, 15) is 4.21 Å². The Morgan fingerprint density at radius 2 is 2.08 bits per heavy atom. The van der Waals surface area contributed by atoms with Gasteiger partial charge in [-0.05, 0) is 25.0 Å². The molecule has 0 radical (unpaired) electrons. The van der Waals surface area contributed by atoms with Crippen LogP contribution in [0.25, 0.3) is 0 Å². The number of allylic oxidation sites excluding steroid dienone is 2. The second-order valence-corrected chi connectivity index (χ2v) is 4.52. The van der Waals surface area contributed by atoms with Gasteiger partial charge in [-0.15, -0.1) is 0 Å². The fraction of sp³-hybridized carbons (Fsp3) is 0.200. The van der Waals surface area contributed by atoms with Gasteiger partial charge >= 0.3 is 0 Å². The average Bonchev–Trinajstić information content (AvgIpc) is 2.12. The van der Waals surface area contributed by atoms with Crippen molar-refractivity contribution < 1.29 is 4.21 Å². The second-order valence-electron chi connectivity index (χ2n) is 2.90. The fourth-order valence-corrected chi connectivity index (χ4v) is 2.53. The van der Waals surface area contributed by atoms with Gasteiger partial charge in [0.2, 0.25) is 0 Å². The van der Waals surface area contributed by atoms with Crippen molar-refractivity contribution in [1.29, 1.82) is 0 Å². The summed E-state index contributed by atoms with van der Waals surface area (Å²) in [6, 6.07) is 7.91. The molecule has 0 N–H and O–H groups in total. The van der Waals surface area contributed by atoms with Crippen LogP contribution in [-0.2, 0) is 17.2 Å². The minimum atomic E-state index is -0.899. The van der Waals surface area contributed by atoms with E-state index in [0.29, 0.717) is 0 Å². The van der Waals surface area contributed by atoms with Crippen LogP contribution in [0.3, 0.4) is 0 Å². The van der Waals surface area contributed by atoms with Gasteiger partial charge in [-0.3, -0.25) is 0 Å². The topological polar surface area (TPSA) is 17.1 Å². The maximum Gasteiger partial charge on any atom is 0.0805 e. The summed E-state index contributed by atoms with van der Waals surface area (Å²) >= 11 is 0. The summed E-state index contributed by atoms with van der Waals surface area (Å²) < 4.78 is 11.7. The van der Waals surface area contributed by atoms with Gasteiger partial charge in [0, 0.05) is 9.80 Å². The number of hydrogen-bond acceptors (Lipinski definition) is 1. The first kappa shape index (κ1) is 7.74. The zero-order valence-corrected chi connectivity index (χ0v) is 7.73. The van der Waals surface area contributed by atoms with Gasteiger partial charge in [-0.1, -0.05) is 24.3 Å². The first-order chi connectivity index (χ1) is 5.79. The summed E-state index contributed by atoms with van der Waals surface area (Å²) in [6.07, 6.45) is 2.96. The maximum absolute atomic E-state index is 11.7. The molecule has 62 valence electrons. The van der Waals surface area contributed by atoms with Gasteiger partial charge < -0.3 is 0 Å². The highest BCUT2D eigenvalue weighted by molar-refractivity contribution is 7.89. The van der Waals surface area contributed by atoms with E-state index in [4.69, 9.17) is 0 Å². The van der Waals surface area contributed by atoms with Crippen LogP contribution < -0.4 is 0 Å². The first-order valence-electron chi connectivity index (χ1n) is 3.95. The molecule has 1 aromatic rings. The lowest BCUT2D eigenvalue weighted by molar-refractivity contribution is 0.685. The molecule has 2 heteroatoms. The highest BCUT2D eigenvalue weighted by Gasteiger charge is 2.14. The Morgan fingerprint density at radius 3 is 2.92 bits per heavy atom. The van der Waals surface area contributed by atoms with E-state index < -0.39 is 10.8 Å². The summed E-state index contributed by atoms with van der Waals surface area (Å²) in [6.45, 7) is 1.92. The van der Waals surface area contributed by atoms with E-state index in [1.165, 1.54) is 5.56 Å². The van der Waals surface area contributed by atoms with Gasteiger partial charge in [0.15, 0.2) is 0 Å². The fourth-order valence-electron chi connectivity index (χ4n) is 1.36. The third-order valence-corrected chi connectivity index (χ3v) is 3.62. The van der Waals surface area contributed by atoms with E-state index in [1.54, 1.807) is 0 Å². The molecule has 0 spiro atoms. The highest BCUT2D eigenvalue weighted by atomic mass is 32.2. The lowest BCUT2D eigenvalue weighted by Crippen LogP contribution is -2.03. The second kappa shape index (κ2) is 2.87. The van der Waals surface area contributed by atoms with Crippen LogP contribution in [0.2, 0.25) is 0 Å². The predicted octanol–water partition coefficient (Wildman–Crippen LogP) is 2.25. The lowest BCUT2D eigenvalue weighted by Gasteiger charge is -2.12. The van der Waals surface area contributed by atoms with Crippen LogP contribution in [0.15, 0.2) is 40.1 Å². The summed E-state index contributed by atoms with van der Waals surface area (Å²) in [5.41, 5.74) is 1.20. The minimum absolute atomic E-state index is 0.899. The lowest BCUT2D eigenvalue weighted by atomic mass is 10.1. The summed E-state index contributed by atoms with van der Waals surface area (Å²) in [4.78, 5) is 1.96. The number of rotatable bonds is 0. The third-order valence-electron chi connectivity index (χ3n) is 2.07. The first-order valence-corrected chi connectivity index (χ1v) is 5.10. The minimum Gasteiger partial charge on any atom is -0.249 e. The number of fused-ring (bicyclic) bond motifs is 1. The molecule has 0 saturated heterocycles. The largest absolute Gasteiger partial charge is 0.249 e. The average molecular weight is 178 g/mol. The Balaban J connectivity index is 2.57. The molecule has 2 rings (SSSR count). The van der Waals surface area contributed by atoms with Crippen molar-refractivity contribution in [2.45, 2.75) is 18.2 Å². The Hall–Kier alpha value is -0.890. The molecular weight excluding hydrogens is 168 g/mol. The van der Waals surface area contributed by atoms with Crippen LogP contribution in [0.1, 0.15) is 12.5 Å². The standard InChI is InChI=1S/C10H10OS/c1-8-6-7-9-4-2-3-5-10(9)12(8)11/h2-6H,7H2,1H3. The van der Waals surface area contributed by atoms with E-state index in [0.717, 1.165) is 16.2 Å². The molecule has 1 heterocycles. The van der Waals surface area contributed by atoms with Crippen LogP contribution in [0, 0.1) is 0 Å². The van der Waals surface area contributed by atoms with Crippen molar-refractivity contribution in [3.63, 3.8) is 0 Å². The normalized spacial score (nSPS) is 21.4. The number of benzene rings is 1. The summed E-state index contributed by atoms with van der Waals surface area (Å²) in [7, 11) is -0.899. The van der Waals surface area contributed by atoms with Crippen molar-refractivity contribution in [1.82, 2.24) is 0 Å². The highest BCUT2D eigenvalue weighted by Crippen LogP contribution is 2.24. The monoisotopic (exact) mass is 178 g/mol. The SMILES string of the molecule is CC1=CCc2ccccc2S1=O. The van der Waals surface area contributed by atoms with E-state index >= 15 is 0 Å². The van der Waals surface area contributed by atoms with Crippen molar-refractivity contribution >= 4 is 10.8 Å². The van der Waals surface area contributed by atoms with Crippen LogP contribution in [0.5, 0.6) is 0 Å². The molecule has 1 atom stereocenters. The Kier molecular flexibility index (Phi) is 1.85. The molecule has 1 nitrogen and oxygen atoms in total. The summed E-state index contributed by atoms with van der Waals surface area (Å²) in [5.74, 6) is 0. The van der Waals surface area contributed by atoms with E-state index in [1.807, 2.05) is 37.3 Å². The number of hydrogen-bond donors (Lipinski definition) is 0. The molecule has 0 saturated carbocycles. The molecule has 1 aliphatic heterocycles. The Morgan fingerprint density at radius 1 is 1.33 bits per heavy atom. The molecule has 0 amide bonds. The third kappa shape index (κ3) is 1.12.